The number of hydrogen-bond acceptors (Lipinski definition) is 4. The molecular weight excluding hydrogens is 268 g/mol. The Balaban J connectivity index is 2.37. The van der Waals surface area contributed by atoms with Crippen molar-refractivity contribution < 1.29 is 14.6 Å². The predicted molar refractivity (Wildman–Crippen MR) is 81.5 cm³/mol. The Bertz CT molecular complexity index is 462. The van der Waals surface area contributed by atoms with Gasteiger partial charge in [-0.2, -0.15) is 5.10 Å². The van der Waals surface area contributed by atoms with Crippen LogP contribution in [0.15, 0.2) is 6.20 Å². The molecule has 0 aromatic carbocycles. The first-order valence-corrected chi connectivity index (χ1v) is 7.79. The molecule has 0 spiro atoms. The fraction of sp³-hybridized carbons (Fsp3) is 0.812. The Kier molecular flexibility index (Phi) is 4.94. The van der Waals surface area contributed by atoms with Crippen LogP contribution in [0.5, 0.6) is 5.75 Å². The lowest BCUT2D eigenvalue weighted by Crippen LogP contribution is -2.43. The first kappa shape index (κ1) is 16.3. The van der Waals surface area contributed by atoms with Crippen LogP contribution in [-0.2, 0) is 4.74 Å². The van der Waals surface area contributed by atoms with Crippen molar-refractivity contribution in [2.75, 3.05) is 14.2 Å². The van der Waals surface area contributed by atoms with Crippen LogP contribution in [0.25, 0.3) is 0 Å². The first-order chi connectivity index (χ1) is 9.95. The summed E-state index contributed by atoms with van der Waals surface area (Å²) >= 11 is 0. The van der Waals surface area contributed by atoms with E-state index in [0.29, 0.717) is 11.7 Å². The lowest BCUT2D eigenvalue weighted by Gasteiger charge is -2.42. The molecule has 1 aliphatic rings. The van der Waals surface area contributed by atoms with Gasteiger partial charge in [0.05, 0.1) is 18.9 Å². The standard InChI is InChI=1S/C16H28N2O3/c1-11(2)18-14(13(20-4)10-17-18)15(19)16(21-5)8-6-12(3)7-9-16/h10-12,15,19H,6-9H2,1-5H3. The first-order valence-electron chi connectivity index (χ1n) is 7.79. The summed E-state index contributed by atoms with van der Waals surface area (Å²) in [5.74, 6) is 1.32. The van der Waals surface area contributed by atoms with Crippen molar-refractivity contribution in [1.82, 2.24) is 9.78 Å². The van der Waals surface area contributed by atoms with Gasteiger partial charge in [0.15, 0.2) is 5.75 Å². The van der Waals surface area contributed by atoms with Gasteiger partial charge < -0.3 is 14.6 Å². The van der Waals surface area contributed by atoms with Crippen LogP contribution < -0.4 is 4.74 Å². The number of methoxy groups -OCH3 is 2. The monoisotopic (exact) mass is 296 g/mol. The summed E-state index contributed by atoms with van der Waals surface area (Å²) in [5, 5.41) is 15.4. The molecule has 120 valence electrons. The molecule has 1 atom stereocenters. The van der Waals surface area contributed by atoms with E-state index in [2.05, 4.69) is 12.0 Å². The second-order valence-corrected chi connectivity index (χ2v) is 6.49. The van der Waals surface area contributed by atoms with E-state index >= 15 is 0 Å². The molecule has 0 bridgehead atoms. The fourth-order valence-electron chi connectivity index (χ4n) is 3.27. The molecule has 1 fully saturated rings. The molecule has 21 heavy (non-hydrogen) atoms. The summed E-state index contributed by atoms with van der Waals surface area (Å²) in [6.45, 7) is 6.35. The third-order valence-corrected chi connectivity index (χ3v) is 4.79. The summed E-state index contributed by atoms with van der Waals surface area (Å²) in [6.07, 6.45) is 4.81. The van der Waals surface area contributed by atoms with Gasteiger partial charge in [0.1, 0.15) is 11.8 Å². The van der Waals surface area contributed by atoms with Gasteiger partial charge in [-0.05, 0) is 45.4 Å². The van der Waals surface area contributed by atoms with E-state index < -0.39 is 11.7 Å². The van der Waals surface area contributed by atoms with Crippen LogP contribution in [0.3, 0.4) is 0 Å². The highest BCUT2D eigenvalue weighted by Gasteiger charge is 2.44. The number of aliphatic hydroxyl groups excluding tert-OH is 1. The lowest BCUT2D eigenvalue weighted by molar-refractivity contribution is -0.133. The van der Waals surface area contributed by atoms with E-state index in [1.807, 2.05) is 18.5 Å². The molecule has 5 nitrogen and oxygen atoms in total. The summed E-state index contributed by atoms with van der Waals surface area (Å²) in [4.78, 5) is 0. The quantitative estimate of drug-likeness (QED) is 0.907. The van der Waals surface area contributed by atoms with Gasteiger partial charge in [-0.25, -0.2) is 0 Å². The topological polar surface area (TPSA) is 56.5 Å². The largest absolute Gasteiger partial charge is 0.493 e. The van der Waals surface area contributed by atoms with Crippen molar-refractivity contribution in [3.8, 4) is 5.75 Å². The van der Waals surface area contributed by atoms with E-state index in [9.17, 15) is 5.11 Å². The van der Waals surface area contributed by atoms with Gasteiger partial charge in [0.2, 0.25) is 0 Å². The van der Waals surface area contributed by atoms with Crippen molar-refractivity contribution in [3.05, 3.63) is 11.9 Å². The van der Waals surface area contributed by atoms with E-state index in [0.717, 1.165) is 31.4 Å². The maximum atomic E-state index is 11.0. The Morgan fingerprint density at radius 2 is 1.95 bits per heavy atom. The SMILES string of the molecule is COc1cnn(C(C)C)c1C(O)C1(OC)CCC(C)CC1. The number of hydrogen-bond donors (Lipinski definition) is 1. The van der Waals surface area contributed by atoms with Gasteiger partial charge in [-0.15, -0.1) is 0 Å². The smallest absolute Gasteiger partial charge is 0.162 e. The van der Waals surface area contributed by atoms with Crippen LogP contribution in [0.2, 0.25) is 0 Å². The van der Waals surface area contributed by atoms with Crippen molar-refractivity contribution >= 4 is 0 Å². The zero-order valence-electron chi connectivity index (χ0n) is 13.8. The molecule has 0 radical (unpaired) electrons. The summed E-state index contributed by atoms with van der Waals surface area (Å²) < 4.78 is 13.0. The number of rotatable bonds is 5. The highest BCUT2D eigenvalue weighted by Crippen LogP contribution is 2.45. The minimum atomic E-state index is -0.727. The molecular formula is C16H28N2O3. The van der Waals surface area contributed by atoms with Crippen LogP contribution in [0, 0.1) is 5.92 Å². The van der Waals surface area contributed by atoms with Crippen molar-refractivity contribution in [1.29, 1.82) is 0 Å². The second-order valence-electron chi connectivity index (χ2n) is 6.49. The highest BCUT2D eigenvalue weighted by atomic mass is 16.5. The summed E-state index contributed by atoms with van der Waals surface area (Å²) in [6, 6.07) is 0.162. The zero-order chi connectivity index (χ0) is 15.6. The predicted octanol–water partition coefficient (Wildman–Crippen LogP) is 3.10. The number of ether oxygens (including phenoxy) is 2. The van der Waals surface area contributed by atoms with Gasteiger partial charge in [-0.1, -0.05) is 6.92 Å². The molecule has 1 heterocycles. The second kappa shape index (κ2) is 6.36. The Morgan fingerprint density at radius 1 is 1.33 bits per heavy atom. The number of nitrogens with zero attached hydrogens (tertiary/aromatic N) is 2. The number of aliphatic hydroxyl groups is 1. The van der Waals surface area contributed by atoms with Crippen LogP contribution in [-0.4, -0.2) is 34.7 Å². The van der Waals surface area contributed by atoms with E-state index in [4.69, 9.17) is 9.47 Å². The molecule has 0 aliphatic heterocycles. The molecule has 5 heteroatoms. The van der Waals surface area contributed by atoms with E-state index in [-0.39, 0.29) is 6.04 Å². The van der Waals surface area contributed by atoms with E-state index in [1.165, 1.54) is 0 Å². The molecule has 0 amide bonds. The van der Waals surface area contributed by atoms with Gasteiger partial charge in [-0.3, -0.25) is 4.68 Å². The summed E-state index contributed by atoms with van der Waals surface area (Å²) in [7, 11) is 3.31. The van der Waals surface area contributed by atoms with Crippen LogP contribution in [0.1, 0.15) is 64.3 Å². The molecule has 0 saturated heterocycles. The minimum absolute atomic E-state index is 0.162. The van der Waals surface area contributed by atoms with E-state index in [1.54, 1.807) is 20.4 Å². The molecule has 1 unspecified atom stereocenters. The van der Waals surface area contributed by atoms with Crippen molar-refractivity contribution in [2.24, 2.45) is 5.92 Å². The minimum Gasteiger partial charge on any atom is -0.493 e. The fourth-order valence-corrected chi connectivity index (χ4v) is 3.27. The Hall–Kier alpha value is -1.07. The maximum Gasteiger partial charge on any atom is 0.162 e. The maximum absolute atomic E-state index is 11.0. The Labute approximate surface area is 127 Å². The van der Waals surface area contributed by atoms with Crippen LogP contribution in [0.4, 0.5) is 0 Å². The molecule has 1 N–H and O–H groups in total. The third-order valence-electron chi connectivity index (χ3n) is 4.79. The van der Waals surface area contributed by atoms with Crippen LogP contribution >= 0.6 is 0 Å². The third kappa shape index (κ3) is 2.94. The molecule has 2 rings (SSSR count). The Morgan fingerprint density at radius 3 is 2.43 bits per heavy atom. The average molecular weight is 296 g/mol. The van der Waals surface area contributed by atoms with Crippen molar-refractivity contribution in [3.63, 3.8) is 0 Å². The molecule has 1 saturated carbocycles. The number of aromatic nitrogens is 2. The van der Waals surface area contributed by atoms with Gasteiger partial charge >= 0.3 is 0 Å². The lowest BCUT2D eigenvalue weighted by atomic mass is 9.75. The highest BCUT2D eigenvalue weighted by molar-refractivity contribution is 5.30. The molecule has 1 aliphatic carbocycles. The summed E-state index contributed by atoms with van der Waals surface area (Å²) in [5.41, 5.74) is 0.191. The average Bonchev–Trinajstić information content (AvgIpc) is 2.91. The molecule has 1 aromatic rings. The zero-order valence-corrected chi connectivity index (χ0v) is 13.8. The van der Waals surface area contributed by atoms with Gasteiger partial charge in [0.25, 0.3) is 0 Å². The normalized spacial score (nSPS) is 27.9. The molecule has 1 aromatic heterocycles. The van der Waals surface area contributed by atoms with Gasteiger partial charge in [0, 0.05) is 13.2 Å². The van der Waals surface area contributed by atoms with Crippen molar-refractivity contribution in [2.45, 2.75) is 64.2 Å².